The number of hydrogen-bond acceptors (Lipinski definition) is 3. The highest BCUT2D eigenvalue weighted by Gasteiger charge is 2.18. The molecule has 4 nitrogen and oxygen atoms in total. The summed E-state index contributed by atoms with van der Waals surface area (Å²) in [4.78, 5) is 26.1. The molecule has 1 aliphatic rings. The minimum atomic E-state index is -0.277. The van der Waals surface area contributed by atoms with Crippen LogP contribution in [0.3, 0.4) is 0 Å². The largest absolute Gasteiger partial charge is 0.350 e. The Labute approximate surface area is 136 Å². The van der Waals surface area contributed by atoms with Crippen LogP contribution in [0.2, 0.25) is 0 Å². The lowest BCUT2D eigenvalue weighted by Gasteiger charge is -2.20. The van der Waals surface area contributed by atoms with Crippen molar-refractivity contribution in [2.75, 3.05) is 6.54 Å². The first kappa shape index (κ1) is 17.0. The zero-order chi connectivity index (χ0) is 16.2. The lowest BCUT2D eigenvalue weighted by Crippen LogP contribution is -2.45. The summed E-state index contributed by atoms with van der Waals surface area (Å²) in [5.41, 5.74) is 1.05. The minimum Gasteiger partial charge on any atom is -0.350 e. The smallest absolute Gasteiger partial charge is 0.261 e. The van der Waals surface area contributed by atoms with E-state index in [1.165, 1.54) is 36.1 Å². The van der Waals surface area contributed by atoms with Crippen molar-refractivity contribution < 1.29 is 9.59 Å². The summed E-state index contributed by atoms with van der Waals surface area (Å²) in [6.45, 7) is 5.79. The van der Waals surface area contributed by atoms with Crippen molar-refractivity contribution in [2.24, 2.45) is 0 Å². The second kappa shape index (κ2) is 7.27. The third-order valence-corrected chi connectivity index (χ3v) is 4.88. The number of nitrogens with one attached hydrogen (secondary N) is 2. The molecule has 1 aromatic rings. The summed E-state index contributed by atoms with van der Waals surface area (Å²) < 4.78 is 0. The Morgan fingerprint density at radius 1 is 1.14 bits per heavy atom. The van der Waals surface area contributed by atoms with Crippen LogP contribution in [0, 0.1) is 0 Å². The summed E-state index contributed by atoms with van der Waals surface area (Å²) in [7, 11) is 0. The van der Waals surface area contributed by atoms with Crippen LogP contribution in [0.1, 0.15) is 66.6 Å². The first-order valence-electron chi connectivity index (χ1n) is 8.06. The molecule has 1 aromatic heterocycles. The average molecular weight is 322 g/mol. The van der Waals surface area contributed by atoms with E-state index in [1.807, 2.05) is 26.8 Å². The molecule has 0 bridgehead atoms. The first-order chi connectivity index (χ1) is 10.3. The van der Waals surface area contributed by atoms with E-state index in [2.05, 4.69) is 10.6 Å². The summed E-state index contributed by atoms with van der Waals surface area (Å²) in [5, 5.41) is 5.56. The van der Waals surface area contributed by atoms with Gasteiger partial charge in [0.05, 0.1) is 11.4 Å². The van der Waals surface area contributed by atoms with E-state index >= 15 is 0 Å². The molecule has 1 heterocycles. The van der Waals surface area contributed by atoms with Crippen LogP contribution in [-0.4, -0.2) is 23.9 Å². The Morgan fingerprint density at radius 3 is 2.50 bits per heavy atom. The molecule has 2 rings (SSSR count). The minimum absolute atomic E-state index is 0.0265. The molecular weight excluding hydrogens is 296 g/mol. The number of fused-ring (bicyclic) bond motifs is 1. The van der Waals surface area contributed by atoms with Gasteiger partial charge in [0.1, 0.15) is 0 Å². The molecule has 0 radical (unpaired) electrons. The van der Waals surface area contributed by atoms with Crippen molar-refractivity contribution in [3.8, 4) is 0 Å². The van der Waals surface area contributed by atoms with Gasteiger partial charge in [-0.25, -0.2) is 0 Å². The lowest BCUT2D eigenvalue weighted by molar-refractivity contribution is -0.121. The highest BCUT2D eigenvalue weighted by molar-refractivity contribution is 7.14. The van der Waals surface area contributed by atoms with Gasteiger partial charge in [0, 0.05) is 10.4 Å². The number of aryl methyl sites for hydroxylation is 2. The highest BCUT2D eigenvalue weighted by Crippen LogP contribution is 2.28. The van der Waals surface area contributed by atoms with Crippen LogP contribution in [0.25, 0.3) is 0 Å². The molecule has 5 heteroatoms. The van der Waals surface area contributed by atoms with Crippen LogP contribution in [-0.2, 0) is 17.6 Å². The Morgan fingerprint density at radius 2 is 1.82 bits per heavy atom. The second-order valence-electron chi connectivity index (χ2n) is 6.95. The van der Waals surface area contributed by atoms with E-state index in [1.54, 1.807) is 11.3 Å². The number of amides is 2. The summed E-state index contributed by atoms with van der Waals surface area (Å²) in [5.74, 6) is -0.295. The van der Waals surface area contributed by atoms with Gasteiger partial charge in [-0.05, 0) is 58.1 Å². The van der Waals surface area contributed by atoms with Gasteiger partial charge in [0.25, 0.3) is 5.91 Å². The molecule has 2 amide bonds. The molecule has 0 saturated carbocycles. The van der Waals surface area contributed by atoms with Crippen molar-refractivity contribution in [3.63, 3.8) is 0 Å². The number of thiophene rings is 1. The third kappa shape index (κ3) is 5.13. The van der Waals surface area contributed by atoms with Gasteiger partial charge in [-0.15, -0.1) is 11.3 Å². The normalized spacial score (nSPS) is 15.4. The maximum Gasteiger partial charge on any atom is 0.261 e. The van der Waals surface area contributed by atoms with E-state index in [0.29, 0.717) is 0 Å². The molecule has 1 aliphatic carbocycles. The van der Waals surface area contributed by atoms with Crippen LogP contribution in [0.4, 0.5) is 0 Å². The van der Waals surface area contributed by atoms with E-state index in [9.17, 15) is 9.59 Å². The van der Waals surface area contributed by atoms with Crippen molar-refractivity contribution in [1.29, 1.82) is 0 Å². The zero-order valence-electron chi connectivity index (χ0n) is 13.8. The summed E-state index contributed by atoms with van der Waals surface area (Å²) >= 11 is 1.59. The second-order valence-corrected chi connectivity index (χ2v) is 8.09. The monoisotopic (exact) mass is 322 g/mol. The van der Waals surface area contributed by atoms with Crippen LogP contribution >= 0.6 is 11.3 Å². The van der Waals surface area contributed by atoms with Gasteiger partial charge < -0.3 is 10.6 Å². The topological polar surface area (TPSA) is 58.2 Å². The molecule has 122 valence electrons. The fraction of sp³-hybridized carbons (Fsp3) is 0.647. The van der Waals surface area contributed by atoms with Gasteiger partial charge in [0.2, 0.25) is 5.91 Å². The van der Waals surface area contributed by atoms with Crippen LogP contribution in [0.15, 0.2) is 6.07 Å². The Bertz CT molecular complexity index is 518. The highest BCUT2D eigenvalue weighted by atomic mass is 32.1. The molecule has 0 atom stereocenters. The van der Waals surface area contributed by atoms with E-state index in [4.69, 9.17) is 0 Å². The fourth-order valence-electron chi connectivity index (χ4n) is 2.67. The van der Waals surface area contributed by atoms with E-state index < -0.39 is 0 Å². The van der Waals surface area contributed by atoms with Gasteiger partial charge >= 0.3 is 0 Å². The zero-order valence-corrected chi connectivity index (χ0v) is 14.6. The van der Waals surface area contributed by atoms with Crippen molar-refractivity contribution in [2.45, 2.75) is 64.8 Å². The van der Waals surface area contributed by atoms with Crippen LogP contribution < -0.4 is 10.6 Å². The van der Waals surface area contributed by atoms with Crippen molar-refractivity contribution in [1.82, 2.24) is 10.6 Å². The quantitative estimate of drug-likeness (QED) is 0.898. The molecule has 0 spiro atoms. The molecule has 0 unspecified atom stereocenters. The Balaban J connectivity index is 1.92. The SMILES string of the molecule is CC(C)(C)NC(=O)CNC(=O)c1cc2c(s1)CCCCCC2. The number of hydrogen-bond donors (Lipinski definition) is 2. The molecule has 0 aliphatic heterocycles. The number of rotatable bonds is 3. The molecule has 22 heavy (non-hydrogen) atoms. The molecule has 0 saturated heterocycles. The average Bonchev–Trinajstić information content (AvgIpc) is 2.76. The predicted molar refractivity (Wildman–Crippen MR) is 90.4 cm³/mol. The Hall–Kier alpha value is -1.36. The fourth-order valence-corrected chi connectivity index (χ4v) is 3.84. The number of carbonyl (C=O) groups is 2. The van der Waals surface area contributed by atoms with Gasteiger partial charge in [-0.2, -0.15) is 0 Å². The van der Waals surface area contributed by atoms with Gasteiger partial charge in [-0.3, -0.25) is 9.59 Å². The predicted octanol–water partition coefficient (Wildman–Crippen LogP) is 3.05. The molecule has 0 aromatic carbocycles. The molecule has 2 N–H and O–H groups in total. The third-order valence-electron chi connectivity index (χ3n) is 3.64. The number of carbonyl (C=O) groups excluding carboxylic acids is 2. The van der Waals surface area contributed by atoms with E-state index in [0.717, 1.165) is 17.7 Å². The Kier molecular flexibility index (Phi) is 5.62. The summed E-state index contributed by atoms with van der Waals surface area (Å²) in [6, 6.07) is 2.02. The lowest BCUT2D eigenvalue weighted by atomic mass is 10.00. The molecular formula is C17H26N2O2S. The molecule has 0 fully saturated rings. The van der Waals surface area contributed by atoms with Gasteiger partial charge in [-0.1, -0.05) is 12.8 Å². The van der Waals surface area contributed by atoms with Crippen molar-refractivity contribution >= 4 is 23.2 Å². The van der Waals surface area contributed by atoms with Crippen LogP contribution in [0.5, 0.6) is 0 Å². The van der Waals surface area contributed by atoms with Gasteiger partial charge in [0.15, 0.2) is 0 Å². The maximum absolute atomic E-state index is 12.2. The standard InChI is InChI=1S/C17H26N2O2S/c1-17(2,3)19-15(20)11-18-16(21)14-10-12-8-6-4-5-7-9-13(12)22-14/h10H,4-9,11H2,1-3H3,(H,18,21)(H,19,20). The first-order valence-corrected chi connectivity index (χ1v) is 8.87. The van der Waals surface area contributed by atoms with Crippen molar-refractivity contribution in [3.05, 3.63) is 21.4 Å². The maximum atomic E-state index is 12.2. The van der Waals surface area contributed by atoms with E-state index in [-0.39, 0.29) is 23.9 Å². The summed E-state index contributed by atoms with van der Waals surface area (Å²) in [6.07, 6.45) is 7.14.